The molecule has 3 nitrogen and oxygen atoms in total. The molecule has 2 atom stereocenters. The molecule has 1 aliphatic rings. The molecule has 2 rings (SSSR count). The van der Waals surface area contributed by atoms with Crippen LogP contribution < -0.4 is 34.7 Å². The number of allylic oxidation sites excluding steroid dienone is 2. The van der Waals surface area contributed by atoms with Gasteiger partial charge in [0.15, 0.2) is 5.78 Å². The maximum absolute atomic E-state index is 12.3. The standard InChI is InChI=1S/C18H22O3.Na/c1-11(2)16-9-8-15(17(16)19)10-13-4-6-14(7-5-13)12(3)18(20)21;/h4-7,12,15H,8-10H2,1-3H3,(H,20,21);/q;+1/p-1. The molecule has 1 aromatic carbocycles. The van der Waals surface area contributed by atoms with Gasteiger partial charge in [-0.3, -0.25) is 4.79 Å². The molecule has 1 fully saturated rings. The summed E-state index contributed by atoms with van der Waals surface area (Å²) in [6.45, 7) is 5.60. The van der Waals surface area contributed by atoms with Crippen molar-refractivity contribution in [2.75, 3.05) is 0 Å². The van der Waals surface area contributed by atoms with Crippen molar-refractivity contribution < 1.29 is 44.3 Å². The second-order valence-corrected chi connectivity index (χ2v) is 6.06. The van der Waals surface area contributed by atoms with Crippen LogP contribution in [0.1, 0.15) is 50.7 Å². The van der Waals surface area contributed by atoms with Gasteiger partial charge in [-0.15, -0.1) is 0 Å². The molecular formula is C18H21NaO3. The maximum Gasteiger partial charge on any atom is 1.00 e. The van der Waals surface area contributed by atoms with Crippen molar-refractivity contribution in [2.45, 2.75) is 46.0 Å². The van der Waals surface area contributed by atoms with E-state index in [1.807, 2.05) is 38.1 Å². The fraction of sp³-hybridized carbons (Fsp3) is 0.444. The number of ketones is 1. The molecule has 0 aromatic heterocycles. The van der Waals surface area contributed by atoms with E-state index >= 15 is 0 Å². The number of rotatable bonds is 4. The topological polar surface area (TPSA) is 57.2 Å². The molecule has 0 amide bonds. The second kappa shape index (κ2) is 8.09. The molecule has 0 bridgehead atoms. The van der Waals surface area contributed by atoms with Crippen LogP contribution in [-0.2, 0) is 16.0 Å². The van der Waals surface area contributed by atoms with Crippen LogP contribution in [0.15, 0.2) is 35.4 Å². The smallest absolute Gasteiger partial charge is 0.550 e. The van der Waals surface area contributed by atoms with Gasteiger partial charge in [-0.2, -0.15) is 0 Å². The Hall–Kier alpha value is -0.900. The van der Waals surface area contributed by atoms with E-state index < -0.39 is 11.9 Å². The predicted octanol–water partition coefficient (Wildman–Crippen LogP) is -0.598. The van der Waals surface area contributed by atoms with Crippen LogP contribution >= 0.6 is 0 Å². The van der Waals surface area contributed by atoms with Crippen molar-refractivity contribution in [2.24, 2.45) is 5.92 Å². The molecule has 4 heteroatoms. The van der Waals surface area contributed by atoms with Crippen LogP contribution in [0.2, 0.25) is 0 Å². The largest absolute Gasteiger partial charge is 1.00 e. The third kappa shape index (κ3) is 4.31. The van der Waals surface area contributed by atoms with Gasteiger partial charge in [0.25, 0.3) is 0 Å². The van der Waals surface area contributed by atoms with Gasteiger partial charge in [0.1, 0.15) is 0 Å². The van der Waals surface area contributed by atoms with Crippen LogP contribution in [0.3, 0.4) is 0 Å². The molecule has 22 heavy (non-hydrogen) atoms. The van der Waals surface area contributed by atoms with Gasteiger partial charge in [0, 0.05) is 17.8 Å². The molecule has 1 saturated carbocycles. The molecular weight excluding hydrogens is 287 g/mol. The third-order valence-corrected chi connectivity index (χ3v) is 4.33. The number of carbonyl (C=O) groups excluding carboxylic acids is 2. The minimum Gasteiger partial charge on any atom is -0.550 e. The van der Waals surface area contributed by atoms with Crippen LogP contribution in [0.25, 0.3) is 0 Å². The molecule has 0 spiro atoms. The molecule has 1 aromatic rings. The fourth-order valence-electron chi connectivity index (χ4n) is 2.87. The summed E-state index contributed by atoms with van der Waals surface area (Å²) in [6.07, 6.45) is 2.53. The van der Waals surface area contributed by atoms with Gasteiger partial charge in [0.2, 0.25) is 0 Å². The number of benzene rings is 1. The average Bonchev–Trinajstić information content (AvgIpc) is 2.80. The molecule has 0 heterocycles. The normalized spacial score (nSPS) is 18.8. The summed E-state index contributed by atoms with van der Waals surface area (Å²) in [7, 11) is 0. The van der Waals surface area contributed by atoms with Gasteiger partial charge in [0.05, 0.1) is 0 Å². The summed E-state index contributed by atoms with van der Waals surface area (Å²) in [5.74, 6) is -1.33. The van der Waals surface area contributed by atoms with E-state index in [1.54, 1.807) is 6.92 Å². The average molecular weight is 308 g/mol. The Kier molecular flexibility index (Phi) is 7.04. The first kappa shape index (κ1) is 19.1. The van der Waals surface area contributed by atoms with Crippen LogP contribution in [-0.4, -0.2) is 11.8 Å². The first-order valence-corrected chi connectivity index (χ1v) is 7.40. The van der Waals surface area contributed by atoms with Crippen molar-refractivity contribution >= 4 is 11.8 Å². The zero-order valence-electron chi connectivity index (χ0n) is 13.8. The Morgan fingerprint density at radius 1 is 1.27 bits per heavy atom. The number of carboxylic acid groups (broad SMARTS) is 1. The number of carbonyl (C=O) groups is 2. The summed E-state index contributed by atoms with van der Waals surface area (Å²) in [5.41, 5.74) is 3.93. The Balaban J connectivity index is 0.00000242. The van der Waals surface area contributed by atoms with Crippen LogP contribution in [0, 0.1) is 5.92 Å². The number of aliphatic carboxylic acids is 1. The Bertz CT molecular complexity index is 583. The number of carboxylic acids is 1. The van der Waals surface area contributed by atoms with Gasteiger partial charge in [-0.1, -0.05) is 36.8 Å². The maximum atomic E-state index is 12.3. The van der Waals surface area contributed by atoms with Crippen molar-refractivity contribution in [3.8, 4) is 0 Å². The van der Waals surface area contributed by atoms with E-state index in [1.165, 1.54) is 0 Å². The van der Waals surface area contributed by atoms with E-state index in [2.05, 4.69) is 0 Å². The monoisotopic (exact) mass is 308 g/mol. The number of Topliss-reactive ketones (excluding diaryl/α,β-unsaturated/α-hetero) is 1. The zero-order valence-corrected chi connectivity index (χ0v) is 15.8. The molecule has 2 unspecified atom stereocenters. The first-order chi connectivity index (χ1) is 9.90. The summed E-state index contributed by atoms with van der Waals surface area (Å²) >= 11 is 0. The second-order valence-electron chi connectivity index (χ2n) is 6.06. The van der Waals surface area contributed by atoms with E-state index in [-0.39, 0.29) is 41.3 Å². The van der Waals surface area contributed by atoms with Gasteiger partial charge < -0.3 is 9.90 Å². The summed E-state index contributed by atoms with van der Waals surface area (Å²) in [4.78, 5) is 23.1. The SMILES string of the molecule is CC(C)=C1CCC(Cc2ccc(C(C)C(=O)[O-])cc2)C1=O.[Na+]. The molecule has 0 saturated heterocycles. The summed E-state index contributed by atoms with van der Waals surface area (Å²) in [5, 5.41) is 10.8. The van der Waals surface area contributed by atoms with E-state index in [0.717, 1.165) is 41.5 Å². The van der Waals surface area contributed by atoms with Gasteiger partial charge in [-0.05, 0) is 49.8 Å². The third-order valence-electron chi connectivity index (χ3n) is 4.33. The summed E-state index contributed by atoms with van der Waals surface area (Å²) < 4.78 is 0. The minimum absolute atomic E-state index is 0. The van der Waals surface area contributed by atoms with E-state index in [4.69, 9.17) is 0 Å². The van der Waals surface area contributed by atoms with Crippen LogP contribution in [0.5, 0.6) is 0 Å². The Labute approximate surface area is 154 Å². The molecule has 0 N–H and O–H groups in total. The molecule has 0 aliphatic heterocycles. The fourth-order valence-corrected chi connectivity index (χ4v) is 2.87. The van der Waals surface area contributed by atoms with Crippen molar-refractivity contribution in [1.82, 2.24) is 0 Å². The molecule has 1 aliphatic carbocycles. The summed E-state index contributed by atoms with van der Waals surface area (Å²) in [6, 6.07) is 7.47. The Morgan fingerprint density at radius 3 is 2.32 bits per heavy atom. The van der Waals surface area contributed by atoms with E-state index in [9.17, 15) is 14.7 Å². The number of hydrogen-bond donors (Lipinski definition) is 0. The van der Waals surface area contributed by atoms with Gasteiger partial charge >= 0.3 is 29.6 Å². The first-order valence-electron chi connectivity index (χ1n) is 7.40. The van der Waals surface area contributed by atoms with Crippen molar-refractivity contribution in [1.29, 1.82) is 0 Å². The minimum atomic E-state index is -1.07. The van der Waals surface area contributed by atoms with Gasteiger partial charge in [-0.25, -0.2) is 0 Å². The molecule has 0 radical (unpaired) electrons. The van der Waals surface area contributed by atoms with Crippen molar-refractivity contribution in [3.05, 3.63) is 46.5 Å². The Morgan fingerprint density at radius 2 is 1.86 bits per heavy atom. The van der Waals surface area contributed by atoms with Crippen molar-refractivity contribution in [3.63, 3.8) is 0 Å². The predicted molar refractivity (Wildman–Crippen MR) is 79.7 cm³/mol. The zero-order chi connectivity index (χ0) is 15.6. The quantitative estimate of drug-likeness (QED) is 0.551. The molecule has 112 valence electrons. The number of hydrogen-bond acceptors (Lipinski definition) is 3. The van der Waals surface area contributed by atoms with Crippen LogP contribution in [0.4, 0.5) is 0 Å². The van der Waals surface area contributed by atoms with E-state index in [0.29, 0.717) is 0 Å².